The van der Waals surface area contributed by atoms with E-state index in [1.54, 1.807) is 30.8 Å². The molecule has 0 fully saturated rings. The Hall–Kier alpha value is -1.21. The number of imidazole rings is 1. The maximum Gasteiger partial charge on any atom is 0.271 e. The van der Waals surface area contributed by atoms with Crippen molar-refractivity contribution in [3.63, 3.8) is 0 Å². The molecule has 0 spiro atoms. The van der Waals surface area contributed by atoms with Crippen LogP contribution >= 0.6 is 35.0 Å². The number of aliphatic hydroxyl groups is 1. The highest BCUT2D eigenvalue weighted by Crippen LogP contribution is 2.28. The van der Waals surface area contributed by atoms with Gasteiger partial charge in [0.2, 0.25) is 0 Å². The molecule has 3 N–H and O–H groups in total. The Morgan fingerprint density at radius 1 is 1.43 bits per heavy atom. The number of aliphatic hydroxyl groups excluding tert-OH is 1. The second-order valence-electron chi connectivity index (χ2n) is 4.99. The number of hydrogen-bond donors (Lipinski definition) is 3. The number of amides is 1. The van der Waals surface area contributed by atoms with E-state index in [1.165, 1.54) is 12.5 Å². The summed E-state index contributed by atoms with van der Waals surface area (Å²) in [7, 11) is 0. The third kappa shape index (κ3) is 5.42. The Morgan fingerprint density at radius 3 is 2.83 bits per heavy atom. The topological polar surface area (TPSA) is 78.0 Å². The van der Waals surface area contributed by atoms with Crippen molar-refractivity contribution in [2.45, 2.75) is 30.4 Å². The van der Waals surface area contributed by atoms with Gasteiger partial charge in [0, 0.05) is 16.8 Å². The molecule has 0 saturated heterocycles. The lowest BCUT2D eigenvalue weighted by atomic mass is 10.1. The number of hydrogen-bond acceptors (Lipinski definition) is 4. The van der Waals surface area contributed by atoms with E-state index < -0.39 is 6.10 Å². The summed E-state index contributed by atoms with van der Waals surface area (Å²) in [6.07, 6.45) is 2.90. The van der Waals surface area contributed by atoms with Crippen LogP contribution in [0.5, 0.6) is 0 Å². The van der Waals surface area contributed by atoms with Crippen LogP contribution in [0.2, 0.25) is 10.0 Å². The van der Waals surface area contributed by atoms with E-state index >= 15 is 0 Å². The first-order valence-electron chi connectivity index (χ1n) is 7.03. The summed E-state index contributed by atoms with van der Waals surface area (Å²) in [5, 5.41) is 13.7. The van der Waals surface area contributed by atoms with Gasteiger partial charge in [-0.05, 0) is 31.5 Å². The fraction of sp³-hybridized carbons (Fsp3) is 0.333. The maximum atomic E-state index is 12.0. The largest absolute Gasteiger partial charge is 0.391 e. The summed E-state index contributed by atoms with van der Waals surface area (Å²) in [5.74, 6) is 0.408. The molecule has 2 atom stereocenters. The molecule has 0 radical (unpaired) electrons. The van der Waals surface area contributed by atoms with Crippen molar-refractivity contribution >= 4 is 40.9 Å². The molecule has 0 aliphatic carbocycles. The molecule has 124 valence electrons. The quantitative estimate of drug-likeness (QED) is 0.650. The molecule has 1 aromatic carbocycles. The predicted octanol–water partition coefficient (Wildman–Crippen LogP) is 3.38. The lowest BCUT2D eigenvalue weighted by Crippen LogP contribution is -2.42. The molecule has 1 heterocycles. The number of H-pyrrole nitrogens is 1. The van der Waals surface area contributed by atoms with Crippen molar-refractivity contribution in [2.24, 2.45) is 0 Å². The van der Waals surface area contributed by atoms with Crippen LogP contribution < -0.4 is 5.32 Å². The molecule has 2 rings (SSSR count). The lowest BCUT2D eigenvalue weighted by molar-refractivity contribution is 0.0851. The summed E-state index contributed by atoms with van der Waals surface area (Å²) in [5.41, 5.74) is 0.299. The highest BCUT2D eigenvalue weighted by atomic mass is 35.5. The number of nitrogens with one attached hydrogen (secondary N) is 2. The maximum absolute atomic E-state index is 12.0. The summed E-state index contributed by atoms with van der Waals surface area (Å²) < 4.78 is 0. The van der Waals surface area contributed by atoms with E-state index in [-0.39, 0.29) is 11.9 Å². The lowest BCUT2D eigenvalue weighted by Gasteiger charge is -2.20. The molecule has 2 aromatic rings. The van der Waals surface area contributed by atoms with Gasteiger partial charge in [0.15, 0.2) is 0 Å². The molecule has 0 bridgehead atoms. The minimum Gasteiger partial charge on any atom is -0.391 e. The summed E-state index contributed by atoms with van der Waals surface area (Å²) in [6.45, 7) is 1.65. The second-order valence-corrected chi connectivity index (χ2v) is 6.97. The van der Waals surface area contributed by atoms with E-state index in [2.05, 4.69) is 15.3 Å². The Balaban J connectivity index is 1.87. The van der Waals surface area contributed by atoms with Gasteiger partial charge in [-0.1, -0.05) is 23.2 Å². The number of aromatic nitrogens is 2. The molecule has 0 saturated carbocycles. The number of nitrogens with zero attached hydrogens (tertiary/aromatic N) is 1. The monoisotopic (exact) mass is 373 g/mol. The van der Waals surface area contributed by atoms with Crippen molar-refractivity contribution in [2.75, 3.05) is 5.75 Å². The summed E-state index contributed by atoms with van der Waals surface area (Å²) >= 11 is 13.4. The number of carbonyl (C=O) groups is 1. The van der Waals surface area contributed by atoms with Crippen LogP contribution in [0, 0.1) is 0 Å². The first-order chi connectivity index (χ1) is 11.0. The van der Waals surface area contributed by atoms with Crippen LogP contribution in [-0.2, 0) is 0 Å². The molecule has 1 amide bonds. The average molecular weight is 374 g/mol. The molecular weight excluding hydrogens is 357 g/mol. The van der Waals surface area contributed by atoms with Gasteiger partial charge in [-0.15, -0.1) is 11.8 Å². The van der Waals surface area contributed by atoms with E-state index in [1.807, 2.05) is 6.07 Å². The van der Waals surface area contributed by atoms with Crippen molar-refractivity contribution in [3.8, 4) is 0 Å². The molecule has 0 aliphatic heterocycles. The van der Waals surface area contributed by atoms with Crippen molar-refractivity contribution < 1.29 is 9.90 Å². The average Bonchev–Trinajstić information content (AvgIpc) is 3.04. The highest BCUT2D eigenvalue weighted by Gasteiger charge is 2.19. The van der Waals surface area contributed by atoms with E-state index in [4.69, 9.17) is 23.2 Å². The zero-order valence-corrected chi connectivity index (χ0v) is 14.8. The van der Waals surface area contributed by atoms with Gasteiger partial charge in [0.1, 0.15) is 5.69 Å². The Morgan fingerprint density at radius 2 is 2.22 bits per heavy atom. The van der Waals surface area contributed by atoms with Crippen LogP contribution in [-0.4, -0.2) is 38.9 Å². The second kappa shape index (κ2) is 8.59. The molecule has 0 aliphatic rings. The number of carbonyl (C=O) groups excluding carboxylic acids is 1. The third-order valence-corrected chi connectivity index (χ3v) is 4.98. The van der Waals surface area contributed by atoms with Crippen molar-refractivity contribution in [3.05, 3.63) is 46.5 Å². The molecule has 5 nitrogen and oxygen atoms in total. The van der Waals surface area contributed by atoms with Crippen LogP contribution in [0.25, 0.3) is 0 Å². The predicted molar refractivity (Wildman–Crippen MR) is 93.3 cm³/mol. The van der Waals surface area contributed by atoms with Gasteiger partial charge in [-0.25, -0.2) is 4.98 Å². The van der Waals surface area contributed by atoms with Crippen LogP contribution in [0.1, 0.15) is 23.8 Å². The smallest absolute Gasteiger partial charge is 0.271 e. The Kier molecular flexibility index (Phi) is 6.77. The fourth-order valence-electron chi connectivity index (χ4n) is 1.93. The number of rotatable bonds is 7. The SMILES string of the molecule is C[C@H](O)[C@@H](CCSc1ccc(Cl)c(Cl)c1)NC(=O)c1c[nH]cn1. The standard InChI is InChI=1S/C15H17Cl2N3O2S/c1-9(21)13(20-15(22)14-7-18-8-19-14)4-5-23-10-2-3-11(16)12(17)6-10/h2-3,6-9,13,21H,4-5H2,1H3,(H,18,19)(H,20,22)/t9-,13+/m0/s1. The van der Waals surface area contributed by atoms with E-state index in [0.29, 0.717) is 27.9 Å². The van der Waals surface area contributed by atoms with Gasteiger partial charge in [-0.2, -0.15) is 0 Å². The normalized spacial score (nSPS) is 13.6. The number of thioether (sulfide) groups is 1. The number of aromatic amines is 1. The van der Waals surface area contributed by atoms with Gasteiger partial charge < -0.3 is 15.4 Å². The number of benzene rings is 1. The summed E-state index contributed by atoms with van der Waals surface area (Å²) in [4.78, 5) is 19.6. The third-order valence-electron chi connectivity index (χ3n) is 3.22. The van der Waals surface area contributed by atoms with E-state index in [0.717, 1.165) is 4.90 Å². The zero-order chi connectivity index (χ0) is 16.8. The van der Waals surface area contributed by atoms with Gasteiger partial charge in [-0.3, -0.25) is 4.79 Å². The van der Waals surface area contributed by atoms with Crippen LogP contribution in [0.15, 0.2) is 35.6 Å². The first kappa shape index (κ1) is 18.1. The number of halogens is 2. The molecule has 0 unspecified atom stereocenters. The first-order valence-corrected chi connectivity index (χ1v) is 8.77. The Bertz CT molecular complexity index is 650. The highest BCUT2D eigenvalue weighted by molar-refractivity contribution is 7.99. The van der Waals surface area contributed by atoms with Crippen LogP contribution in [0.4, 0.5) is 0 Å². The Labute approximate surface area is 148 Å². The fourth-order valence-corrected chi connectivity index (χ4v) is 3.27. The van der Waals surface area contributed by atoms with Crippen LogP contribution in [0.3, 0.4) is 0 Å². The van der Waals surface area contributed by atoms with Crippen molar-refractivity contribution in [1.29, 1.82) is 0 Å². The van der Waals surface area contributed by atoms with Gasteiger partial charge >= 0.3 is 0 Å². The molecule has 8 heteroatoms. The van der Waals surface area contributed by atoms with Gasteiger partial charge in [0.25, 0.3) is 5.91 Å². The zero-order valence-electron chi connectivity index (χ0n) is 12.4. The minimum atomic E-state index is -0.660. The van der Waals surface area contributed by atoms with E-state index in [9.17, 15) is 9.90 Å². The van der Waals surface area contributed by atoms with Gasteiger partial charge in [0.05, 0.1) is 28.5 Å². The van der Waals surface area contributed by atoms with Crippen molar-refractivity contribution in [1.82, 2.24) is 15.3 Å². The molecular formula is C15H17Cl2N3O2S. The molecule has 23 heavy (non-hydrogen) atoms. The minimum absolute atomic E-state index is 0.299. The molecule has 1 aromatic heterocycles. The summed E-state index contributed by atoms with van der Waals surface area (Å²) in [6, 6.07) is 5.08.